The van der Waals surface area contributed by atoms with Crippen molar-refractivity contribution in [3.05, 3.63) is 45.0 Å². The Bertz CT molecular complexity index is 666. The summed E-state index contributed by atoms with van der Waals surface area (Å²) in [6.07, 6.45) is 1.34. The molecule has 1 heterocycles. The van der Waals surface area contributed by atoms with Gasteiger partial charge in [0.05, 0.1) is 5.39 Å². The van der Waals surface area contributed by atoms with Crippen molar-refractivity contribution < 1.29 is 14.3 Å². The van der Waals surface area contributed by atoms with Crippen molar-refractivity contribution in [3.63, 3.8) is 0 Å². The van der Waals surface area contributed by atoms with Gasteiger partial charge in [-0.2, -0.15) is 0 Å². The summed E-state index contributed by atoms with van der Waals surface area (Å²) in [7, 11) is 0. The van der Waals surface area contributed by atoms with Crippen LogP contribution in [0.2, 0.25) is 0 Å². The molecule has 0 radical (unpaired) electrons. The van der Waals surface area contributed by atoms with Crippen LogP contribution in [0.25, 0.3) is 10.8 Å². The van der Waals surface area contributed by atoms with Crippen molar-refractivity contribution in [2.75, 3.05) is 0 Å². The van der Waals surface area contributed by atoms with Crippen LogP contribution in [0.4, 0.5) is 4.39 Å². The van der Waals surface area contributed by atoms with Crippen LogP contribution in [0.3, 0.4) is 0 Å². The number of pyridine rings is 1. The molecule has 0 atom stereocenters. The van der Waals surface area contributed by atoms with Gasteiger partial charge in [-0.3, -0.25) is 9.59 Å². The van der Waals surface area contributed by atoms with Gasteiger partial charge in [0.25, 0.3) is 5.56 Å². The second kappa shape index (κ2) is 4.29. The van der Waals surface area contributed by atoms with Crippen molar-refractivity contribution in [1.29, 1.82) is 0 Å². The fourth-order valence-corrected chi connectivity index (χ4v) is 2.22. The third-order valence-electron chi connectivity index (χ3n) is 2.30. The first-order valence-corrected chi connectivity index (χ1v) is 5.48. The maximum absolute atomic E-state index is 13.1. The van der Waals surface area contributed by atoms with Crippen molar-refractivity contribution in [1.82, 2.24) is 4.57 Å². The molecule has 0 saturated heterocycles. The molecule has 17 heavy (non-hydrogen) atoms. The molecule has 0 aliphatic heterocycles. The third-order valence-corrected chi connectivity index (χ3v) is 2.93. The standard InChI is InChI=1S/C11H7BrFNO3/c12-8-4-7(13)3-6-1-2-14(5-9(15)16)11(17)10(6)8/h1-4H,5H2,(H,15,16). The molecule has 0 aliphatic rings. The number of rotatable bonds is 2. The molecule has 1 N–H and O–H groups in total. The molecule has 0 saturated carbocycles. The molecule has 0 fully saturated rings. The van der Waals surface area contributed by atoms with E-state index in [0.29, 0.717) is 9.86 Å². The maximum Gasteiger partial charge on any atom is 0.323 e. The molecule has 0 amide bonds. The van der Waals surface area contributed by atoms with E-state index in [1.165, 1.54) is 24.4 Å². The van der Waals surface area contributed by atoms with Crippen LogP contribution >= 0.6 is 15.9 Å². The van der Waals surface area contributed by atoms with Gasteiger partial charge in [-0.15, -0.1) is 0 Å². The number of aliphatic carboxylic acids is 1. The summed E-state index contributed by atoms with van der Waals surface area (Å²) >= 11 is 3.10. The van der Waals surface area contributed by atoms with Gasteiger partial charge in [0.15, 0.2) is 0 Å². The number of carboxylic acids is 1. The molecule has 0 aliphatic carbocycles. The minimum Gasteiger partial charge on any atom is -0.480 e. The number of hydrogen-bond donors (Lipinski definition) is 1. The van der Waals surface area contributed by atoms with Crippen molar-refractivity contribution in [2.45, 2.75) is 6.54 Å². The van der Waals surface area contributed by atoms with E-state index in [0.717, 1.165) is 4.57 Å². The quantitative estimate of drug-likeness (QED) is 0.922. The minimum absolute atomic E-state index is 0.273. The zero-order valence-corrected chi connectivity index (χ0v) is 10.1. The molecular weight excluding hydrogens is 293 g/mol. The van der Waals surface area contributed by atoms with Gasteiger partial charge >= 0.3 is 5.97 Å². The van der Waals surface area contributed by atoms with E-state index >= 15 is 0 Å². The van der Waals surface area contributed by atoms with Crippen molar-refractivity contribution in [3.8, 4) is 0 Å². The average molecular weight is 300 g/mol. The van der Waals surface area contributed by atoms with Gasteiger partial charge in [-0.05, 0) is 39.5 Å². The van der Waals surface area contributed by atoms with Gasteiger partial charge in [0.2, 0.25) is 0 Å². The molecular formula is C11H7BrFNO3. The third kappa shape index (κ3) is 2.21. The van der Waals surface area contributed by atoms with E-state index in [9.17, 15) is 14.0 Å². The van der Waals surface area contributed by atoms with Crippen LogP contribution in [0.5, 0.6) is 0 Å². The first-order valence-electron chi connectivity index (χ1n) is 4.69. The van der Waals surface area contributed by atoms with E-state index in [1.54, 1.807) is 0 Å². The predicted molar refractivity (Wildman–Crippen MR) is 63.5 cm³/mol. The largest absolute Gasteiger partial charge is 0.480 e. The molecule has 1 aromatic carbocycles. The summed E-state index contributed by atoms with van der Waals surface area (Å²) in [6.45, 7) is -0.418. The first kappa shape index (κ1) is 11.8. The zero-order valence-electron chi connectivity index (χ0n) is 8.48. The second-order valence-corrected chi connectivity index (χ2v) is 4.35. The van der Waals surface area contributed by atoms with Crippen LogP contribution < -0.4 is 5.56 Å². The van der Waals surface area contributed by atoms with Crippen LogP contribution in [-0.2, 0) is 11.3 Å². The van der Waals surface area contributed by atoms with Crippen LogP contribution in [0.1, 0.15) is 0 Å². The highest BCUT2D eigenvalue weighted by Crippen LogP contribution is 2.22. The highest BCUT2D eigenvalue weighted by Gasteiger charge is 2.09. The molecule has 0 spiro atoms. The lowest BCUT2D eigenvalue weighted by Gasteiger charge is -2.05. The normalized spacial score (nSPS) is 10.7. The lowest BCUT2D eigenvalue weighted by atomic mass is 10.1. The Morgan fingerprint density at radius 1 is 1.47 bits per heavy atom. The average Bonchev–Trinajstić information content (AvgIpc) is 2.20. The van der Waals surface area contributed by atoms with Gasteiger partial charge in [0.1, 0.15) is 12.4 Å². The summed E-state index contributed by atoms with van der Waals surface area (Å²) in [4.78, 5) is 22.5. The van der Waals surface area contributed by atoms with E-state index < -0.39 is 23.9 Å². The fraction of sp³-hybridized carbons (Fsp3) is 0.0909. The zero-order chi connectivity index (χ0) is 12.6. The molecule has 0 unspecified atom stereocenters. The fourth-order valence-electron chi connectivity index (χ4n) is 1.60. The molecule has 88 valence electrons. The van der Waals surface area contributed by atoms with Crippen molar-refractivity contribution >= 4 is 32.7 Å². The minimum atomic E-state index is -1.11. The Balaban J connectivity index is 2.75. The number of halogens is 2. The molecule has 0 bridgehead atoms. The number of nitrogens with zero attached hydrogens (tertiary/aromatic N) is 1. The van der Waals surface area contributed by atoms with E-state index in [-0.39, 0.29) is 5.39 Å². The van der Waals surface area contributed by atoms with Gasteiger partial charge < -0.3 is 9.67 Å². The summed E-state index contributed by atoms with van der Waals surface area (Å²) in [5.41, 5.74) is -0.461. The Morgan fingerprint density at radius 2 is 2.18 bits per heavy atom. The number of aromatic nitrogens is 1. The molecule has 4 nitrogen and oxygen atoms in total. The Labute approximate surface area is 103 Å². The van der Waals surface area contributed by atoms with Gasteiger partial charge in [-0.25, -0.2) is 4.39 Å². The Morgan fingerprint density at radius 3 is 2.82 bits per heavy atom. The Kier molecular flexibility index (Phi) is 2.97. The predicted octanol–water partition coefficient (Wildman–Crippen LogP) is 1.99. The lowest BCUT2D eigenvalue weighted by Crippen LogP contribution is -2.23. The second-order valence-electron chi connectivity index (χ2n) is 3.49. The SMILES string of the molecule is O=C(O)Cn1ccc2cc(F)cc(Br)c2c1=O. The number of carboxylic acid groups (broad SMARTS) is 1. The molecule has 2 rings (SSSR count). The topological polar surface area (TPSA) is 59.3 Å². The monoisotopic (exact) mass is 299 g/mol. The van der Waals surface area contributed by atoms with Gasteiger partial charge in [0, 0.05) is 10.7 Å². The first-order chi connectivity index (χ1) is 7.99. The summed E-state index contributed by atoms with van der Waals surface area (Å²) in [5, 5.41) is 9.35. The summed E-state index contributed by atoms with van der Waals surface area (Å²) in [6, 6.07) is 3.91. The number of fused-ring (bicyclic) bond motifs is 1. The molecule has 2 aromatic rings. The van der Waals surface area contributed by atoms with E-state index in [4.69, 9.17) is 5.11 Å². The smallest absolute Gasteiger partial charge is 0.323 e. The van der Waals surface area contributed by atoms with Crippen LogP contribution in [-0.4, -0.2) is 15.6 Å². The van der Waals surface area contributed by atoms with Crippen molar-refractivity contribution in [2.24, 2.45) is 0 Å². The van der Waals surface area contributed by atoms with E-state index in [2.05, 4.69) is 15.9 Å². The summed E-state index contributed by atoms with van der Waals surface area (Å²) in [5.74, 6) is -1.57. The van der Waals surface area contributed by atoms with Crippen LogP contribution in [0.15, 0.2) is 33.7 Å². The number of carbonyl (C=O) groups is 1. The highest BCUT2D eigenvalue weighted by atomic mass is 79.9. The highest BCUT2D eigenvalue weighted by molar-refractivity contribution is 9.10. The molecule has 6 heteroatoms. The number of hydrogen-bond acceptors (Lipinski definition) is 2. The van der Waals surface area contributed by atoms with E-state index in [1.807, 2.05) is 0 Å². The summed E-state index contributed by atoms with van der Waals surface area (Å²) < 4.78 is 14.5. The number of benzene rings is 1. The van der Waals surface area contributed by atoms with Crippen LogP contribution in [0, 0.1) is 5.82 Å². The van der Waals surface area contributed by atoms with Gasteiger partial charge in [-0.1, -0.05) is 0 Å². The maximum atomic E-state index is 13.1. The lowest BCUT2D eigenvalue weighted by molar-refractivity contribution is -0.137. The molecule has 1 aromatic heterocycles. The Hall–Kier alpha value is -1.69.